The topological polar surface area (TPSA) is 84.9 Å². The lowest BCUT2D eigenvalue weighted by Crippen LogP contribution is -2.33. The number of ether oxygens (including phenoxy) is 2. The second-order valence-corrected chi connectivity index (χ2v) is 11.6. The van der Waals surface area contributed by atoms with Crippen molar-refractivity contribution in [3.8, 4) is 5.75 Å². The highest BCUT2D eigenvalue weighted by Gasteiger charge is 2.23. The van der Waals surface area contributed by atoms with E-state index in [0.717, 1.165) is 16.7 Å². The molecule has 0 bridgehead atoms. The summed E-state index contributed by atoms with van der Waals surface area (Å²) >= 11 is 1.59. The number of hydrogen-bond acceptors (Lipinski definition) is 7. The molecular formula is C39H36N2O5S. The fourth-order valence-electron chi connectivity index (χ4n) is 5.02. The van der Waals surface area contributed by atoms with E-state index in [0.29, 0.717) is 48.7 Å². The van der Waals surface area contributed by atoms with Gasteiger partial charge < -0.3 is 19.7 Å². The van der Waals surface area contributed by atoms with Gasteiger partial charge in [0.05, 0.1) is 13.7 Å². The summed E-state index contributed by atoms with van der Waals surface area (Å²) in [6, 6.07) is 34.8. The average Bonchev–Trinajstić information content (AvgIpc) is 3.65. The normalized spacial score (nSPS) is 11.5. The molecule has 5 rings (SSSR count). The maximum absolute atomic E-state index is 13.2. The molecule has 0 fully saturated rings. The number of carbonyl (C=O) groups excluding carboxylic acids is 3. The zero-order valence-electron chi connectivity index (χ0n) is 26.1. The van der Waals surface area contributed by atoms with Crippen LogP contribution in [0.25, 0.3) is 6.08 Å². The lowest BCUT2D eigenvalue weighted by atomic mass is 10.00. The molecule has 1 N–H and O–H groups in total. The first-order chi connectivity index (χ1) is 23.0. The minimum Gasteiger partial charge on any atom is -0.492 e. The van der Waals surface area contributed by atoms with Gasteiger partial charge in [-0.3, -0.25) is 9.59 Å². The maximum atomic E-state index is 13.2. The predicted molar refractivity (Wildman–Crippen MR) is 187 cm³/mol. The minimum atomic E-state index is -0.726. The number of amides is 1. The summed E-state index contributed by atoms with van der Waals surface area (Å²) in [4.78, 5) is 40.9. The highest BCUT2D eigenvalue weighted by atomic mass is 32.1. The van der Waals surface area contributed by atoms with Crippen LogP contribution in [0.1, 0.15) is 32.6 Å². The van der Waals surface area contributed by atoms with Crippen LogP contribution in [0.5, 0.6) is 5.75 Å². The van der Waals surface area contributed by atoms with Gasteiger partial charge >= 0.3 is 5.97 Å². The van der Waals surface area contributed by atoms with Crippen LogP contribution in [0.2, 0.25) is 0 Å². The van der Waals surface area contributed by atoms with Crippen LogP contribution in [0.4, 0.5) is 5.69 Å². The number of methoxy groups -OCH3 is 1. The Labute approximate surface area is 279 Å². The highest BCUT2D eigenvalue weighted by molar-refractivity contribution is 7.08. The van der Waals surface area contributed by atoms with E-state index in [1.807, 2.05) is 102 Å². The Morgan fingerprint density at radius 2 is 1.53 bits per heavy atom. The Kier molecular flexibility index (Phi) is 11.7. The van der Waals surface area contributed by atoms with Gasteiger partial charge in [-0.15, -0.1) is 0 Å². The maximum Gasteiger partial charge on any atom is 0.328 e. The zero-order chi connectivity index (χ0) is 32.8. The first-order valence-corrected chi connectivity index (χ1v) is 16.2. The number of carbonyl (C=O) groups is 3. The number of anilines is 1. The van der Waals surface area contributed by atoms with Crippen LogP contribution in [0.3, 0.4) is 0 Å². The van der Waals surface area contributed by atoms with Crippen LogP contribution in [0, 0.1) is 0 Å². The van der Waals surface area contributed by atoms with Crippen molar-refractivity contribution in [3.63, 3.8) is 0 Å². The highest BCUT2D eigenvalue weighted by Crippen LogP contribution is 2.22. The van der Waals surface area contributed by atoms with Crippen molar-refractivity contribution >= 4 is 40.8 Å². The van der Waals surface area contributed by atoms with Crippen molar-refractivity contribution in [2.75, 3.05) is 25.6 Å². The molecule has 0 saturated heterocycles. The minimum absolute atomic E-state index is 0.0904. The molecule has 47 heavy (non-hydrogen) atoms. The SMILES string of the molecule is COC(=O)[C@H](Cc1ccc(OCCN(Cc2ccccc2)C(=O)C=Cc2ccsc2)cc1)Nc1ccccc1C(=O)c1ccccc1. The van der Waals surface area contributed by atoms with Gasteiger partial charge in [0.1, 0.15) is 18.4 Å². The van der Waals surface area contributed by atoms with Crippen molar-refractivity contribution < 1.29 is 23.9 Å². The van der Waals surface area contributed by atoms with Crippen LogP contribution in [0.15, 0.2) is 132 Å². The average molecular weight is 645 g/mol. The van der Waals surface area contributed by atoms with Crippen LogP contribution in [-0.4, -0.2) is 48.9 Å². The molecule has 238 valence electrons. The summed E-state index contributed by atoms with van der Waals surface area (Å²) in [5, 5.41) is 7.21. The van der Waals surface area contributed by atoms with E-state index < -0.39 is 12.0 Å². The Hall–Kier alpha value is -5.47. The summed E-state index contributed by atoms with van der Waals surface area (Å²) in [6.07, 6.45) is 3.75. The van der Waals surface area contributed by atoms with E-state index in [1.165, 1.54) is 7.11 Å². The molecule has 1 amide bonds. The second-order valence-electron chi connectivity index (χ2n) is 10.8. The van der Waals surface area contributed by atoms with Crippen molar-refractivity contribution in [1.29, 1.82) is 0 Å². The summed E-state index contributed by atoms with van der Waals surface area (Å²) in [7, 11) is 1.35. The van der Waals surface area contributed by atoms with Crippen molar-refractivity contribution in [3.05, 3.63) is 160 Å². The molecule has 0 aliphatic heterocycles. The Morgan fingerprint density at radius 3 is 2.23 bits per heavy atom. The van der Waals surface area contributed by atoms with Crippen LogP contribution < -0.4 is 10.1 Å². The molecule has 4 aromatic carbocycles. The number of nitrogens with zero attached hydrogens (tertiary/aromatic N) is 1. The molecule has 8 heteroatoms. The standard InChI is InChI=1S/C39H36N2O5S/c1-45-39(44)36(40-35-15-9-8-14-34(35)38(43)32-12-6-3-7-13-32)26-29-16-19-33(20-17-29)46-24-23-41(27-30-10-4-2-5-11-30)37(42)21-18-31-22-25-47-28-31/h2-22,25,28,36,40H,23-24,26-27H2,1H3/t36-/m0/s1. The van der Waals surface area contributed by atoms with Gasteiger partial charge in [0.15, 0.2) is 5.78 Å². The Morgan fingerprint density at radius 1 is 0.830 bits per heavy atom. The summed E-state index contributed by atoms with van der Waals surface area (Å²) in [5.41, 5.74) is 4.50. The number of benzene rings is 4. The van der Waals surface area contributed by atoms with Gasteiger partial charge in [0.25, 0.3) is 0 Å². The van der Waals surface area contributed by atoms with Crippen molar-refractivity contribution in [2.45, 2.75) is 19.0 Å². The number of ketones is 1. The molecule has 0 aliphatic rings. The molecule has 0 radical (unpaired) electrons. The summed E-state index contributed by atoms with van der Waals surface area (Å²) in [6.45, 7) is 1.18. The first-order valence-electron chi connectivity index (χ1n) is 15.3. The zero-order valence-corrected chi connectivity index (χ0v) is 26.9. The number of nitrogens with one attached hydrogen (secondary N) is 1. The third kappa shape index (κ3) is 9.51. The predicted octanol–water partition coefficient (Wildman–Crippen LogP) is 7.30. The van der Waals surface area contributed by atoms with Crippen LogP contribution >= 0.6 is 11.3 Å². The van der Waals surface area contributed by atoms with E-state index in [9.17, 15) is 14.4 Å². The molecule has 0 unspecified atom stereocenters. The van der Waals surface area contributed by atoms with E-state index >= 15 is 0 Å². The smallest absolute Gasteiger partial charge is 0.328 e. The number of esters is 1. The molecule has 5 aromatic rings. The lowest BCUT2D eigenvalue weighted by Gasteiger charge is -2.22. The van der Waals surface area contributed by atoms with E-state index in [4.69, 9.17) is 9.47 Å². The molecule has 0 aliphatic carbocycles. The van der Waals surface area contributed by atoms with Crippen LogP contribution in [-0.2, 0) is 27.3 Å². The van der Waals surface area contributed by atoms with Gasteiger partial charge in [-0.1, -0.05) is 84.9 Å². The van der Waals surface area contributed by atoms with Gasteiger partial charge in [0, 0.05) is 35.9 Å². The molecule has 1 heterocycles. The first kappa shape index (κ1) is 32.9. The van der Waals surface area contributed by atoms with Crippen molar-refractivity contribution in [1.82, 2.24) is 4.90 Å². The number of rotatable bonds is 15. The summed E-state index contributed by atoms with van der Waals surface area (Å²) < 4.78 is 11.1. The fraction of sp³-hybridized carbons (Fsp3) is 0.154. The van der Waals surface area contributed by atoms with Gasteiger partial charge in [-0.25, -0.2) is 4.79 Å². The third-order valence-electron chi connectivity index (χ3n) is 7.51. The lowest BCUT2D eigenvalue weighted by molar-refractivity contribution is -0.141. The van der Waals surface area contributed by atoms with E-state index in [1.54, 1.807) is 52.6 Å². The molecule has 7 nitrogen and oxygen atoms in total. The summed E-state index contributed by atoms with van der Waals surface area (Å²) in [5.74, 6) is -0.0201. The molecule has 1 aromatic heterocycles. The van der Waals surface area contributed by atoms with Gasteiger partial charge in [-0.2, -0.15) is 11.3 Å². The number of para-hydroxylation sites is 1. The molecule has 0 spiro atoms. The van der Waals surface area contributed by atoms with Gasteiger partial charge in [0.2, 0.25) is 5.91 Å². The largest absolute Gasteiger partial charge is 0.492 e. The number of thiophene rings is 1. The Bertz CT molecular complexity index is 1770. The fourth-order valence-corrected chi connectivity index (χ4v) is 5.65. The Balaban J connectivity index is 1.21. The third-order valence-corrected chi connectivity index (χ3v) is 8.21. The molecular weight excluding hydrogens is 609 g/mol. The van der Waals surface area contributed by atoms with E-state index in [-0.39, 0.29) is 11.7 Å². The van der Waals surface area contributed by atoms with E-state index in [2.05, 4.69) is 5.32 Å². The second kappa shape index (κ2) is 16.7. The van der Waals surface area contributed by atoms with Crippen molar-refractivity contribution in [2.24, 2.45) is 0 Å². The molecule has 0 saturated carbocycles. The monoisotopic (exact) mass is 644 g/mol. The molecule has 1 atom stereocenters. The number of hydrogen-bond donors (Lipinski definition) is 1. The quantitative estimate of drug-likeness (QED) is 0.0732. The van der Waals surface area contributed by atoms with Gasteiger partial charge in [-0.05, 0) is 63.9 Å².